The monoisotopic (exact) mass is 465 g/mol. The molecular formula is C10H4Br2ClF2NO2S2. The molecule has 1 heterocycles. The molecule has 0 saturated heterocycles. The third-order valence-electron chi connectivity index (χ3n) is 2.14. The van der Waals surface area contributed by atoms with E-state index in [2.05, 4.69) is 31.9 Å². The van der Waals surface area contributed by atoms with E-state index in [0.717, 1.165) is 23.5 Å². The summed E-state index contributed by atoms with van der Waals surface area (Å²) in [5, 5.41) is 0.220. The van der Waals surface area contributed by atoms with Crippen molar-refractivity contribution in [3.8, 4) is 0 Å². The van der Waals surface area contributed by atoms with Gasteiger partial charge in [-0.05, 0) is 44.0 Å². The second-order valence-electron chi connectivity index (χ2n) is 3.54. The predicted octanol–water partition coefficient (Wildman–Crippen LogP) is 5.01. The molecule has 0 fully saturated rings. The summed E-state index contributed by atoms with van der Waals surface area (Å²) < 4.78 is 53.2. The van der Waals surface area contributed by atoms with Crippen molar-refractivity contribution in [2.75, 3.05) is 4.72 Å². The largest absolute Gasteiger partial charge is 0.276 e. The van der Waals surface area contributed by atoms with Gasteiger partial charge in [0.25, 0.3) is 10.0 Å². The van der Waals surface area contributed by atoms with Gasteiger partial charge in [0, 0.05) is 6.07 Å². The molecule has 1 aromatic heterocycles. The van der Waals surface area contributed by atoms with E-state index < -0.39 is 27.3 Å². The Labute approximate surface area is 139 Å². The molecular weight excluding hydrogens is 464 g/mol. The van der Waals surface area contributed by atoms with Crippen LogP contribution in [0.2, 0.25) is 5.02 Å². The van der Waals surface area contributed by atoms with Gasteiger partial charge in [-0.25, -0.2) is 17.2 Å². The van der Waals surface area contributed by atoms with Gasteiger partial charge in [-0.3, -0.25) is 4.72 Å². The number of thiophene rings is 1. The molecule has 0 bridgehead atoms. The van der Waals surface area contributed by atoms with E-state index in [-0.39, 0.29) is 13.7 Å². The van der Waals surface area contributed by atoms with Gasteiger partial charge < -0.3 is 0 Å². The molecule has 10 heteroatoms. The Kier molecular flexibility index (Phi) is 4.75. The van der Waals surface area contributed by atoms with Crippen LogP contribution in [0.4, 0.5) is 14.5 Å². The first kappa shape index (κ1) is 16.2. The van der Waals surface area contributed by atoms with Crippen LogP contribution in [0, 0.1) is 11.6 Å². The highest BCUT2D eigenvalue weighted by molar-refractivity contribution is 9.11. The lowest BCUT2D eigenvalue weighted by Crippen LogP contribution is -2.13. The summed E-state index contributed by atoms with van der Waals surface area (Å²) in [6, 6.07) is 2.80. The zero-order valence-corrected chi connectivity index (χ0v) is 14.8. The maximum absolute atomic E-state index is 13.6. The summed E-state index contributed by atoms with van der Waals surface area (Å²) in [5.41, 5.74) is -0.480. The van der Waals surface area contributed by atoms with Crippen LogP contribution in [0.5, 0.6) is 0 Å². The Morgan fingerprint density at radius 3 is 2.35 bits per heavy atom. The Morgan fingerprint density at radius 2 is 1.80 bits per heavy atom. The minimum Gasteiger partial charge on any atom is -0.276 e. The van der Waals surface area contributed by atoms with E-state index in [1.54, 1.807) is 0 Å². The number of anilines is 1. The molecule has 20 heavy (non-hydrogen) atoms. The van der Waals surface area contributed by atoms with Crippen LogP contribution in [0.1, 0.15) is 0 Å². The molecule has 3 nitrogen and oxygen atoms in total. The zero-order chi connectivity index (χ0) is 15.1. The van der Waals surface area contributed by atoms with Gasteiger partial charge in [-0.2, -0.15) is 0 Å². The van der Waals surface area contributed by atoms with Crippen molar-refractivity contribution in [2.24, 2.45) is 0 Å². The molecule has 2 rings (SSSR count). The predicted molar refractivity (Wildman–Crippen MR) is 81.9 cm³/mol. The molecule has 0 unspecified atom stereocenters. The maximum atomic E-state index is 13.6. The van der Waals surface area contributed by atoms with Crippen LogP contribution >= 0.6 is 54.8 Å². The number of hydrogen-bond donors (Lipinski definition) is 1. The second-order valence-corrected chi connectivity index (χ2v) is 9.08. The van der Waals surface area contributed by atoms with Crippen molar-refractivity contribution >= 4 is 70.5 Å². The lowest BCUT2D eigenvalue weighted by atomic mass is 10.3. The first-order chi connectivity index (χ1) is 9.20. The lowest BCUT2D eigenvalue weighted by molar-refractivity contribution is 0.592. The molecule has 0 amide bonds. The van der Waals surface area contributed by atoms with Crippen LogP contribution < -0.4 is 4.72 Å². The molecule has 0 saturated carbocycles. The number of nitrogens with one attached hydrogen (secondary N) is 1. The number of benzene rings is 1. The molecule has 0 radical (unpaired) electrons. The molecule has 1 N–H and O–H groups in total. The van der Waals surface area contributed by atoms with Crippen molar-refractivity contribution in [1.82, 2.24) is 0 Å². The van der Waals surface area contributed by atoms with Crippen LogP contribution in [0.15, 0.2) is 30.7 Å². The van der Waals surface area contributed by atoms with E-state index >= 15 is 0 Å². The van der Waals surface area contributed by atoms with Crippen LogP contribution in [-0.2, 0) is 10.0 Å². The molecule has 0 aliphatic heterocycles. The fraction of sp³-hybridized carbons (Fsp3) is 0. The molecule has 0 spiro atoms. The van der Waals surface area contributed by atoms with Gasteiger partial charge in [-0.1, -0.05) is 11.6 Å². The summed E-state index contributed by atoms with van der Waals surface area (Å²) in [6.07, 6.45) is 0. The average molecular weight is 468 g/mol. The third kappa shape index (κ3) is 3.33. The SMILES string of the molecule is O=S(=O)(Nc1cc(F)c(Br)cc1F)c1cc(Cl)c(Br)s1. The van der Waals surface area contributed by atoms with Crippen LogP contribution in [0.25, 0.3) is 0 Å². The number of halogens is 5. The summed E-state index contributed by atoms with van der Waals surface area (Å²) in [7, 11) is -4.04. The van der Waals surface area contributed by atoms with Crippen LogP contribution in [-0.4, -0.2) is 8.42 Å². The third-order valence-corrected chi connectivity index (χ3v) is 7.06. The van der Waals surface area contributed by atoms with Gasteiger partial charge >= 0.3 is 0 Å². The first-order valence-electron chi connectivity index (χ1n) is 4.83. The Balaban J connectivity index is 2.40. The molecule has 108 valence electrons. The van der Waals surface area contributed by atoms with Gasteiger partial charge in [0.1, 0.15) is 15.8 Å². The minimum absolute atomic E-state index is 0.0974. The Morgan fingerprint density at radius 1 is 1.15 bits per heavy atom. The summed E-state index contributed by atoms with van der Waals surface area (Å²) in [5.74, 6) is -1.68. The van der Waals surface area contributed by atoms with E-state index in [1.807, 2.05) is 4.72 Å². The zero-order valence-electron chi connectivity index (χ0n) is 9.25. The highest BCUT2D eigenvalue weighted by Crippen LogP contribution is 2.35. The van der Waals surface area contributed by atoms with E-state index in [0.29, 0.717) is 3.79 Å². The molecule has 2 aromatic rings. The van der Waals surface area contributed by atoms with Crippen molar-refractivity contribution < 1.29 is 17.2 Å². The lowest BCUT2D eigenvalue weighted by Gasteiger charge is -2.08. The van der Waals surface area contributed by atoms with Crippen LogP contribution in [0.3, 0.4) is 0 Å². The Hall–Kier alpha value is -0.220. The van der Waals surface area contributed by atoms with E-state index in [4.69, 9.17) is 11.6 Å². The minimum atomic E-state index is -4.04. The normalized spacial score (nSPS) is 11.7. The quantitative estimate of drug-likeness (QED) is 0.646. The number of hydrogen-bond acceptors (Lipinski definition) is 3. The number of rotatable bonds is 3. The summed E-state index contributed by atoms with van der Waals surface area (Å²) >= 11 is 12.5. The number of sulfonamides is 1. The standard InChI is InChI=1S/C10H4Br2ClF2NO2S2/c11-4-1-7(15)8(3-6(4)14)16-20(17,18)9-2-5(13)10(12)19-9/h1-3,16H. The average Bonchev–Trinajstić information content (AvgIpc) is 2.67. The van der Waals surface area contributed by atoms with Gasteiger partial charge in [0.05, 0.1) is 19.0 Å². The van der Waals surface area contributed by atoms with Crippen molar-refractivity contribution in [1.29, 1.82) is 0 Å². The summed E-state index contributed by atoms with van der Waals surface area (Å²) in [6.45, 7) is 0. The maximum Gasteiger partial charge on any atom is 0.271 e. The van der Waals surface area contributed by atoms with E-state index in [1.165, 1.54) is 6.07 Å². The van der Waals surface area contributed by atoms with Gasteiger partial charge in [0.2, 0.25) is 0 Å². The first-order valence-corrected chi connectivity index (χ1v) is 9.09. The highest BCUT2D eigenvalue weighted by Gasteiger charge is 2.21. The fourth-order valence-electron chi connectivity index (χ4n) is 1.25. The topological polar surface area (TPSA) is 46.2 Å². The molecule has 0 atom stereocenters. The van der Waals surface area contributed by atoms with Gasteiger partial charge in [-0.15, -0.1) is 11.3 Å². The van der Waals surface area contributed by atoms with E-state index in [9.17, 15) is 17.2 Å². The smallest absolute Gasteiger partial charge is 0.271 e. The summed E-state index contributed by atoms with van der Waals surface area (Å²) in [4.78, 5) is 0. The molecule has 0 aliphatic carbocycles. The molecule has 1 aromatic carbocycles. The second kappa shape index (κ2) is 5.88. The fourth-order valence-corrected chi connectivity index (χ4v) is 5.03. The van der Waals surface area contributed by atoms with Crippen molar-refractivity contribution in [3.05, 3.63) is 43.1 Å². The van der Waals surface area contributed by atoms with Crippen molar-refractivity contribution in [2.45, 2.75) is 4.21 Å². The molecule has 0 aliphatic rings. The van der Waals surface area contributed by atoms with Gasteiger partial charge in [0.15, 0.2) is 0 Å². The Bertz CT molecular complexity index is 760. The highest BCUT2D eigenvalue weighted by atomic mass is 79.9. The van der Waals surface area contributed by atoms with Crippen molar-refractivity contribution in [3.63, 3.8) is 0 Å².